The highest BCUT2D eigenvalue weighted by Crippen LogP contribution is 2.19. The Morgan fingerprint density at radius 1 is 1.33 bits per heavy atom. The number of aromatic nitrogens is 3. The zero-order valence-corrected chi connectivity index (χ0v) is 14.6. The van der Waals surface area contributed by atoms with Crippen molar-refractivity contribution in [3.05, 3.63) is 29.3 Å². The second-order valence-electron chi connectivity index (χ2n) is 6.60. The highest BCUT2D eigenvalue weighted by Gasteiger charge is 2.25. The Bertz CT molecular complexity index is 706. The maximum Gasteiger partial charge on any atom is 0.239 e. The molecular formula is C17H25N5O2. The minimum atomic E-state index is -0.0523. The van der Waals surface area contributed by atoms with Gasteiger partial charge in [0.1, 0.15) is 5.76 Å². The maximum atomic E-state index is 12.3. The topological polar surface area (TPSA) is 76.2 Å². The largest absolute Gasteiger partial charge is 0.360 e. The average molecular weight is 331 g/mol. The number of hydrogen-bond acceptors (Lipinski definition) is 5. The summed E-state index contributed by atoms with van der Waals surface area (Å²) in [5, 5.41) is 11.2. The number of piperidine rings is 1. The van der Waals surface area contributed by atoms with Gasteiger partial charge in [-0.25, -0.2) is 0 Å². The van der Waals surface area contributed by atoms with Crippen molar-refractivity contribution < 1.29 is 9.32 Å². The highest BCUT2D eigenvalue weighted by molar-refractivity contribution is 5.91. The molecule has 2 aromatic rings. The molecule has 0 unspecified atom stereocenters. The van der Waals surface area contributed by atoms with Crippen LogP contribution in [-0.2, 0) is 11.3 Å². The minimum Gasteiger partial charge on any atom is -0.360 e. The highest BCUT2D eigenvalue weighted by atomic mass is 16.5. The molecule has 0 saturated carbocycles. The van der Waals surface area contributed by atoms with E-state index in [-0.39, 0.29) is 5.91 Å². The summed E-state index contributed by atoms with van der Waals surface area (Å²) < 4.78 is 7.03. The van der Waals surface area contributed by atoms with Gasteiger partial charge in [0.15, 0.2) is 5.82 Å². The Kier molecular flexibility index (Phi) is 4.99. The van der Waals surface area contributed by atoms with Crippen LogP contribution < -0.4 is 5.32 Å². The van der Waals surface area contributed by atoms with Crippen LogP contribution in [-0.4, -0.2) is 44.9 Å². The van der Waals surface area contributed by atoms with Crippen molar-refractivity contribution in [1.82, 2.24) is 19.8 Å². The smallest absolute Gasteiger partial charge is 0.239 e. The summed E-state index contributed by atoms with van der Waals surface area (Å²) in [6, 6.07) is 4.15. The zero-order valence-electron chi connectivity index (χ0n) is 14.6. The zero-order chi connectivity index (χ0) is 17.1. The van der Waals surface area contributed by atoms with Gasteiger partial charge in [-0.05, 0) is 46.2 Å². The first-order valence-electron chi connectivity index (χ1n) is 8.49. The van der Waals surface area contributed by atoms with Gasteiger partial charge in [0.05, 0.1) is 18.8 Å². The van der Waals surface area contributed by atoms with Crippen molar-refractivity contribution in [2.24, 2.45) is 0 Å². The van der Waals surface area contributed by atoms with Crippen LogP contribution >= 0.6 is 0 Å². The summed E-state index contributed by atoms with van der Waals surface area (Å²) in [6.07, 6.45) is 3.42. The lowest BCUT2D eigenvalue weighted by atomic mass is 10.0. The Morgan fingerprint density at radius 3 is 2.83 bits per heavy atom. The fourth-order valence-electron chi connectivity index (χ4n) is 3.33. The van der Waals surface area contributed by atoms with Gasteiger partial charge < -0.3 is 9.84 Å². The molecule has 3 rings (SSSR count). The molecule has 1 amide bonds. The van der Waals surface area contributed by atoms with Crippen LogP contribution in [0.4, 0.5) is 5.82 Å². The molecule has 7 nitrogen and oxygen atoms in total. The Morgan fingerprint density at radius 2 is 2.17 bits per heavy atom. The lowest BCUT2D eigenvalue weighted by molar-refractivity contribution is -0.118. The SMILES string of the molecule is Cc1cc(C)n(C[C@H]2CCCCN2CC(=O)Nc2cc(C)on2)n1. The molecule has 3 heterocycles. The number of nitrogens with one attached hydrogen (secondary N) is 1. The first-order chi connectivity index (χ1) is 11.5. The summed E-state index contributed by atoms with van der Waals surface area (Å²) in [5.41, 5.74) is 2.20. The number of anilines is 1. The molecule has 2 aromatic heterocycles. The van der Waals surface area contributed by atoms with E-state index in [1.807, 2.05) is 6.92 Å². The van der Waals surface area contributed by atoms with Crippen molar-refractivity contribution >= 4 is 11.7 Å². The fourth-order valence-corrected chi connectivity index (χ4v) is 3.33. The minimum absolute atomic E-state index is 0.0523. The van der Waals surface area contributed by atoms with Crippen LogP contribution in [0.5, 0.6) is 0 Å². The van der Waals surface area contributed by atoms with Crippen molar-refractivity contribution in [1.29, 1.82) is 0 Å². The van der Waals surface area contributed by atoms with Gasteiger partial charge >= 0.3 is 0 Å². The third-order valence-corrected chi connectivity index (χ3v) is 4.48. The molecule has 0 aromatic carbocycles. The summed E-state index contributed by atoms with van der Waals surface area (Å²) >= 11 is 0. The van der Waals surface area contributed by atoms with Crippen LogP contribution in [0.3, 0.4) is 0 Å². The molecule has 1 aliphatic rings. The van der Waals surface area contributed by atoms with E-state index in [1.54, 1.807) is 13.0 Å². The number of amides is 1. The van der Waals surface area contributed by atoms with Crippen LogP contribution in [0.25, 0.3) is 0 Å². The van der Waals surface area contributed by atoms with E-state index in [4.69, 9.17) is 4.52 Å². The van der Waals surface area contributed by atoms with Crippen molar-refractivity contribution in [3.63, 3.8) is 0 Å². The van der Waals surface area contributed by atoms with Gasteiger partial charge in [0.25, 0.3) is 0 Å². The van der Waals surface area contributed by atoms with Crippen molar-refractivity contribution in [2.75, 3.05) is 18.4 Å². The normalized spacial score (nSPS) is 18.7. The third kappa shape index (κ3) is 4.03. The Labute approximate surface area is 142 Å². The monoisotopic (exact) mass is 331 g/mol. The molecule has 1 saturated heterocycles. The first kappa shape index (κ1) is 16.7. The predicted octanol–water partition coefficient (Wildman–Crippen LogP) is 2.29. The molecule has 0 bridgehead atoms. The van der Waals surface area contributed by atoms with Crippen LogP contribution in [0.1, 0.15) is 36.4 Å². The van der Waals surface area contributed by atoms with Crippen LogP contribution in [0.2, 0.25) is 0 Å². The van der Waals surface area contributed by atoms with Gasteiger partial charge in [-0.2, -0.15) is 5.10 Å². The average Bonchev–Trinajstić information content (AvgIpc) is 3.06. The van der Waals surface area contributed by atoms with E-state index in [0.29, 0.717) is 24.2 Å². The number of aryl methyl sites for hydroxylation is 3. The van der Waals surface area contributed by atoms with E-state index in [0.717, 1.165) is 31.6 Å². The summed E-state index contributed by atoms with van der Waals surface area (Å²) in [5.74, 6) is 1.11. The van der Waals surface area contributed by atoms with E-state index in [2.05, 4.69) is 38.1 Å². The summed E-state index contributed by atoms with van der Waals surface area (Å²) in [7, 11) is 0. The standard InChI is InChI=1S/C17H25N5O2/c1-12-8-13(2)22(19-12)10-15-6-4-5-7-21(15)11-17(23)18-16-9-14(3)24-20-16/h8-9,15H,4-7,10-11H2,1-3H3,(H,18,20,23)/t15-/m1/s1. The van der Waals surface area contributed by atoms with E-state index in [9.17, 15) is 4.79 Å². The molecule has 7 heteroatoms. The summed E-state index contributed by atoms with van der Waals surface area (Å²) in [6.45, 7) is 8.03. The molecule has 0 aliphatic carbocycles. The lowest BCUT2D eigenvalue weighted by Crippen LogP contribution is -2.46. The number of carbonyl (C=O) groups is 1. The van der Waals surface area contributed by atoms with E-state index in [1.165, 1.54) is 12.1 Å². The quantitative estimate of drug-likeness (QED) is 0.910. The van der Waals surface area contributed by atoms with Crippen molar-refractivity contribution in [2.45, 2.75) is 52.6 Å². The van der Waals surface area contributed by atoms with E-state index < -0.39 is 0 Å². The molecular weight excluding hydrogens is 306 g/mol. The summed E-state index contributed by atoms with van der Waals surface area (Å²) in [4.78, 5) is 14.6. The number of nitrogens with zero attached hydrogens (tertiary/aromatic N) is 4. The second-order valence-corrected chi connectivity index (χ2v) is 6.60. The fraction of sp³-hybridized carbons (Fsp3) is 0.588. The maximum absolute atomic E-state index is 12.3. The van der Waals surface area contributed by atoms with Gasteiger partial charge in [-0.15, -0.1) is 0 Å². The van der Waals surface area contributed by atoms with E-state index >= 15 is 0 Å². The molecule has 0 spiro atoms. The van der Waals surface area contributed by atoms with Crippen molar-refractivity contribution in [3.8, 4) is 0 Å². The molecule has 1 aliphatic heterocycles. The number of carbonyl (C=O) groups excluding carboxylic acids is 1. The van der Waals surface area contributed by atoms with Gasteiger partial charge in [-0.1, -0.05) is 11.6 Å². The Hall–Kier alpha value is -2.15. The predicted molar refractivity (Wildman–Crippen MR) is 90.8 cm³/mol. The number of likely N-dealkylation sites (tertiary alicyclic amines) is 1. The first-order valence-corrected chi connectivity index (χ1v) is 8.49. The third-order valence-electron chi connectivity index (χ3n) is 4.48. The van der Waals surface area contributed by atoms with Gasteiger partial charge in [0, 0.05) is 17.8 Å². The molecule has 130 valence electrons. The van der Waals surface area contributed by atoms with Crippen LogP contribution in [0, 0.1) is 20.8 Å². The number of hydrogen-bond donors (Lipinski definition) is 1. The Balaban J connectivity index is 1.61. The molecule has 24 heavy (non-hydrogen) atoms. The second kappa shape index (κ2) is 7.17. The molecule has 1 N–H and O–H groups in total. The molecule has 1 fully saturated rings. The number of rotatable bonds is 5. The van der Waals surface area contributed by atoms with Crippen LogP contribution in [0.15, 0.2) is 16.7 Å². The van der Waals surface area contributed by atoms with Gasteiger partial charge in [-0.3, -0.25) is 14.4 Å². The lowest BCUT2D eigenvalue weighted by Gasteiger charge is -2.35. The van der Waals surface area contributed by atoms with Gasteiger partial charge in [0.2, 0.25) is 5.91 Å². The molecule has 0 radical (unpaired) electrons. The molecule has 1 atom stereocenters.